The van der Waals surface area contributed by atoms with Crippen molar-refractivity contribution in [3.63, 3.8) is 0 Å². The fraction of sp³-hybridized carbons (Fsp3) is 0.200. The van der Waals surface area contributed by atoms with Crippen molar-refractivity contribution in [1.29, 1.82) is 0 Å². The summed E-state index contributed by atoms with van der Waals surface area (Å²) in [6.07, 6.45) is -3.07. The predicted octanol–water partition coefficient (Wildman–Crippen LogP) is 1.64. The SMILES string of the molecule is O=C(Nc1cc(-n2cnnn2)ccc1F)C(F)(F)C(F)F. The van der Waals surface area contributed by atoms with Gasteiger partial charge in [0.05, 0.1) is 11.4 Å². The van der Waals surface area contributed by atoms with Crippen molar-refractivity contribution in [2.24, 2.45) is 0 Å². The maximum absolute atomic E-state index is 13.5. The van der Waals surface area contributed by atoms with Gasteiger partial charge in [0, 0.05) is 0 Å². The van der Waals surface area contributed by atoms with Crippen LogP contribution in [0.1, 0.15) is 0 Å². The highest BCUT2D eigenvalue weighted by Crippen LogP contribution is 2.26. The number of aromatic nitrogens is 4. The minimum Gasteiger partial charge on any atom is -0.318 e. The van der Waals surface area contributed by atoms with Gasteiger partial charge in [-0.15, -0.1) is 5.10 Å². The number of anilines is 1. The van der Waals surface area contributed by atoms with Crippen molar-refractivity contribution in [3.8, 4) is 5.69 Å². The van der Waals surface area contributed by atoms with Crippen LogP contribution in [-0.2, 0) is 4.79 Å². The summed E-state index contributed by atoms with van der Waals surface area (Å²) in [5, 5.41) is 11.5. The molecule has 21 heavy (non-hydrogen) atoms. The molecule has 112 valence electrons. The molecular formula is C10H6F5N5O. The molecule has 0 aliphatic carbocycles. The number of carbonyl (C=O) groups excluding carboxylic acids is 1. The number of nitrogens with one attached hydrogen (secondary N) is 1. The lowest BCUT2D eigenvalue weighted by atomic mass is 10.2. The second-order valence-corrected chi connectivity index (χ2v) is 3.80. The van der Waals surface area contributed by atoms with Crippen LogP contribution in [0.5, 0.6) is 0 Å². The van der Waals surface area contributed by atoms with E-state index in [1.165, 1.54) is 11.4 Å². The van der Waals surface area contributed by atoms with Crippen LogP contribution in [0.4, 0.5) is 27.6 Å². The highest BCUT2D eigenvalue weighted by molar-refractivity contribution is 5.96. The number of carbonyl (C=O) groups is 1. The van der Waals surface area contributed by atoms with Gasteiger partial charge in [-0.1, -0.05) is 0 Å². The smallest absolute Gasteiger partial charge is 0.318 e. The number of hydrogen-bond acceptors (Lipinski definition) is 4. The van der Waals surface area contributed by atoms with E-state index in [1.807, 2.05) is 0 Å². The number of rotatable bonds is 4. The molecule has 0 radical (unpaired) electrons. The van der Waals surface area contributed by atoms with Gasteiger partial charge in [-0.3, -0.25) is 4.79 Å². The lowest BCUT2D eigenvalue weighted by molar-refractivity contribution is -0.163. The Labute approximate surface area is 113 Å². The third-order valence-corrected chi connectivity index (χ3v) is 2.39. The summed E-state index contributed by atoms with van der Waals surface area (Å²) >= 11 is 0. The van der Waals surface area contributed by atoms with E-state index in [1.54, 1.807) is 0 Å². The second kappa shape index (κ2) is 5.42. The van der Waals surface area contributed by atoms with Crippen LogP contribution in [-0.4, -0.2) is 38.5 Å². The van der Waals surface area contributed by atoms with Crippen LogP contribution in [0.25, 0.3) is 5.69 Å². The minimum absolute atomic E-state index is 0.136. The molecule has 0 saturated carbocycles. The van der Waals surface area contributed by atoms with Crippen molar-refractivity contribution in [2.45, 2.75) is 12.3 Å². The van der Waals surface area contributed by atoms with Gasteiger partial charge in [0.15, 0.2) is 0 Å². The first-order valence-electron chi connectivity index (χ1n) is 5.32. The van der Waals surface area contributed by atoms with E-state index in [0.717, 1.165) is 23.1 Å². The Morgan fingerprint density at radius 2 is 2.05 bits per heavy atom. The third-order valence-electron chi connectivity index (χ3n) is 2.39. The molecule has 1 aromatic heterocycles. The fourth-order valence-corrected chi connectivity index (χ4v) is 1.34. The summed E-state index contributed by atoms with van der Waals surface area (Å²) in [5.74, 6) is -8.33. The lowest BCUT2D eigenvalue weighted by Gasteiger charge is -2.15. The van der Waals surface area contributed by atoms with Crippen molar-refractivity contribution < 1.29 is 26.7 Å². The molecule has 0 aliphatic heterocycles. The fourth-order valence-electron chi connectivity index (χ4n) is 1.34. The standard InChI is InChI=1S/C10H6F5N5O/c11-6-2-1-5(20-4-16-18-19-20)3-7(6)17-9(21)10(14,15)8(12)13/h1-4,8H,(H,17,21). The van der Waals surface area contributed by atoms with E-state index in [0.29, 0.717) is 0 Å². The van der Waals surface area contributed by atoms with E-state index in [4.69, 9.17) is 0 Å². The molecule has 0 bridgehead atoms. The third kappa shape index (κ3) is 2.95. The molecule has 11 heteroatoms. The topological polar surface area (TPSA) is 72.7 Å². The lowest BCUT2D eigenvalue weighted by Crippen LogP contribution is -2.41. The molecular weight excluding hydrogens is 301 g/mol. The molecule has 0 atom stereocenters. The van der Waals surface area contributed by atoms with Crippen molar-refractivity contribution >= 4 is 11.6 Å². The van der Waals surface area contributed by atoms with Crippen LogP contribution in [0, 0.1) is 5.82 Å². The van der Waals surface area contributed by atoms with Gasteiger partial charge in [0.25, 0.3) is 0 Å². The average Bonchev–Trinajstić information content (AvgIpc) is 2.94. The highest BCUT2D eigenvalue weighted by Gasteiger charge is 2.49. The number of hydrogen-bond donors (Lipinski definition) is 1. The van der Waals surface area contributed by atoms with Crippen molar-refractivity contribution in [3.05, 3.63) is 30.3 Å². The minimum atomic E-state index is -4.93. The number of tetrazole rings is 1. The van der Waals surface area contributed by atoms with Gasteiger partial charge in [0.1, 0.15) is 12.1 Å². The molecule has 0 fully saturated rings. The molecule has 0 unspecified atom stereocenters. The monoisotopic (exact) mass is 307 g/mol. The zero-order valence-electron chi connectivity index (χ0n) is 9.97. The summed E-state index contributed by atoms with van der Waals surface area (Å²) in [6.45, 7) is 0. The van der Waals surface area contributed by atoms with E-state index in [9.17, 15) is 26.7 Å². The first kappa shape index (κ1) is 14.8. The Morgan fingerprint density at radius 3 is 2.62 bits per heavy atom. The summed E-state index contributed by atoms with van der Waals surface area (Å²) in [6, 6.07) is 2.96. The van der Waals surface area contributed by atoms with Crippen LogP contribution in [0.3, 0.4) is 0 Å². The number of halogens is 5. The molecule has 6 nitrogen and oxygen atoms in total. The van der Waals surface area contributed by atoms with E-state index in [-0.39, 0.29) is 5.69 Å². The number of nitrogens with zero attached hydrogens (tertiary/aromatic N) is 4. The first-order valence-corrected chi connectivity index (χ1v) is 5.32. The van der Waals surface area contributed by atoms with Crippen LogP contribution in [0.15, 0.2) is 24.5 Å². The van der Waals surface area contributed by atoms with Gasteiger partial charge in [-0.25, -0.2) is 17.9 Å². The van der Waals surface area contributed by atoms with E-state index < -0.39 is 29.8 Å². The van der Waals surface area contributed by atoms with Crippen LogP contribution in [0.2, 0.25) is 0 Å². The van der Waals surface area contributed by atoms with Gasteiger partial charge in [0.2, 0.25) is 0 Å². The summed E-state index contributed by atoms with van der Waals surface area (Å²) in [5.41, 5.74) is -0.564. The summed E-state index contributed by atoms with van der Waals surface area (Å²) in [4.78, 5) is 11.1. The van der Waals surface area contributed by atoms with E-state index in [2.05, 4.69) is 15.5 Å². The average molecular weight is 307 g/mol. The Kier molecular flexibility index (Phi) is 3.82. The van der Waals surface area contributed by atoms with Gasteiger partial charge >= 0.3 is 18.3 Å². The van der Waals surface area contributed by atoms with Gasteiger partial charge in [-0.2, -0.15) is 8.78 Å². The molecule has 2 rings (SSSR count). The zero-order chi connectivity index (χ0) is 15.6. The largest absolute Gasteiger partial charge is 0.383 e. The maximum atomic E-state index is 13.5. The first-order chi connectivity index (χ1) is 9.82. The Bertz CT molecular complexity index is 645. The summed E-state index contributed by atoms with van der Waals surface area (Å²) in [7, 11) is 0. The molecule has 2 aromatic rings. The molecule has 1 N–H and O–H groups in total. The molecule has 1 heterocycles. The van der Waals surface area contributed by atoms with Crippen LogP contribution < -0.4 is 5.32 Å². The van der Waals surface area contributed by atoms with Gasteiger partial charge in [-0.05, 0) is 28.6 Å². The molecule has 0 saturated heterocycles. The highest BCUT2D eigenvalue weighted by atomic mass is 19.3. The second-order valence-electron chi connectivity index (χ2n) is 3.80. The van der Waals surface area contributed by atoms with Crippen molar-refractivity contribution in [2.75, 3.05) is 5.32 Å². The Hall–Kier alpha value is -2.59. The number of amides is 1. The van der Waals surface area contributed by atoms with Gasteiger partial charge < -0.3 is 5.32 Å². The molecule has 1 amide bonds. The van der Waals surface area contributed by atoms with Crippen molar-refractivity contribution in [1.82, 2.24) is 20.2 Å². The maximum Gasteiger partial charge on any atom is 0.383 e. The zero-order valence-corrected chi connectivity index (χ0v) is 9.97. The molecule has 0 spiro atoms. The molecule has 1 aromatic carbocycles. The predicted molar refractivity (Wildman–Crippen MR) is 58.7 cm³/mol. The quantitative estimate of drug-likeness (QED) is 0.872. The summed E-state index contributed by atoms with van der Waals surface area (Å²) < 4.78 is 64.2. The van der Waals surface area contributed by atoms with E-state index >= 15 is 0 Å². The number of alkyl halides is 4. The molecule has 0 aliphatic rings. The normalized spacial score (nSPS) is 11.7. The van der Waals surface area contributed by atoms with Crippen LogP contribution >= 0.6 is 0 Å². The Morgan fingerprint density at radius 1 is 1.33 bits per heavy atom. The number of benzene rings is 1. The Balaban J connectivity index is 2.28.